The molecule has 3 aromatic carbocycles. The van der Waals surface area contributed by atoms with Crippen LogP contribution in [0.1, 0.15) is 55.7 Å². The third-order valence-corrected chi connectivity index (χ3v) is 6.26. The van der Waals surface area contributed by atoms with Crippen molar-refractivity contribution in [3.8, 4) is 11.5 Å². The summed E-state index contributed by atoms with van der Waals surface area (Å²) >= 11 is 6.04. The first-order chi connectivity index (χ1) is 18.1. The average Bonchev–Trinajstić information content (AvgIpc) is 2.86. The van der Waals surface area contributed by atoms with Crippen LogP contribution in [0.3, 0.4) is 0 Å². The summed E-state index contributed by atoms with van der Waals surface area (Å²) in [6, 6.07) is 18.5. The molecule has 0 aliphatic heterocycles. The Morgan fingerprint density at radius 3 is 2.34 bits per heavy atom. The van der Waals surface area contributed by atoms with Crippen LogP contribution in [0.5, 0.6) is 11.5 Å². The molecule has 0 unspecified atom stereocenters. The number of ether oxygens (including phenoxy) is 2. The van der Waals surface area contributed by atoms with E-state index in [0.29, 0.717) is 34.5 Å². The molecule has 3 rings (SSSR count). The quantitative estimate of drug-likeness (QED) is 0.253. The molecule has 7 nitrogen and oxygen atoms in total. The lowest BCUT2D eigenvalue weighted by Gasteiger charge is -2.15. The fourth-order valence-electron chi connectivity index (χ4n) is 3.70. The molecule has 200 valence electrons. The van der Waals surface area contributed by atoms with E-state index in [1.54, 1.807) is 49.4 Å². The molecule has 38 heavy (non-hydrogen) atoms. The van der Waals surface area contributed by atoms with Gasteiger partial charge >= 0.3 is 5.97 Å². The summed E-state index contributed by atoms with van der Waals surface area (Å²) in [6.07, 6.45) is 0.465. The summed E-state index contributed by atoms with van der Waals surface area (Å²) < 4.78 is 11.1. The number of halogens is 1. The van der Waals surface area contributed by atoms with Gasteiger partial charge in [0, 0.05) is 29.2 Å². The topological polar surface area (TPSA) is 93.7 Å². The maximum absolute atomic E-state index is 12.3. The first-order valence-electron chi connectivity index (χ1n) is 12.5. The standard InChI is InChI=1S/C30H33ClN2O5/c1-19(2)24-16-11-20(3)17-27(24)38-23-14-12-22(13-15-23)32-28(34)9-6-10-30(36)37-18-29(35)33-26-8-5-7-25(31)21(26)4/h5,7-8,11-17,19H,6,9-10,18H2,1-4H3,(H,32,34)(H,33,35). The zero-order chi connectivity index (χ0) is 27.7. The van der Waals surface area contributed by atoms with E-state index in [1.807, 2.05) is 13.0 Å². The SMILES string of the molecule is Cc1ccc(C(C)C)c(Oc2ccc(NC(=O)CCCC(=O)OCC(=O)Nc3cccc(Cl)c3C)cc2)c1. The summed E-state index contributed by atoms with van der Waals surface area (Å²) in [5.41, 5.74) is 4.17. The van der Waals surface area contributed by atoms with Crippen LogP contribution in [0.2, 0.25) is 5.02 Å². The van der Waals surface area contributed by atoms with Gasteiger partial charge in [-0.2, -0.15) is 0 Å². The van der Waals surface area contributed by atoms with Crippen LogP contribution in [-0.4, -0.2) is 24.4 Å². The van der Waals surface area contributed by atoms with Gasteiger partial charge in [-0.1, -0.05) is 43.6 Å². The highest BCUT2D eigenvalue weighted by atomic mass is 35.5. The second kappa shape index (κ2) is 13.6. The van der Waals surface area contributed by atoms with Gasteiger partial charge in [0.1, 0.15) is 11.5 Å². The molecule has 2 amide bonds. The Kier molecular flexibility index (Phi) is 10.3. The van der Waals surface area contributed by atoms with Gasteiger partial charge in [-0.05, 0) is 85.3 Å². The van der Waals surface area contributed by atoms with Crippen molar-refractivity contribution in [2.75, 3.05) is 17.2 Å². The minimum Gasteiger partial charge on any atom is -0.457 e. The van der Waals surface area contributed by atoms with Gasteiger partial charge in [0.2, 0.25) is 5.91 Å². The monoisotopic (exact) mass is 536 g/mol. The summed E-state index contributed by atoms with van der Waals surface area (Å²) in [4.78, 5) is 36.3. The van der Waals surface area contributed by atoms with E-state index in [-0.39, 0.29) is 18.7 Å². The molecule has 0 saturated carbocycles. The summed E-state index contributed by atoms with van der Waals surface area (Å²) in [5.74, 6) is 0.595. The predicted octanol–water partition coefficient (Wildman–Crippen LogP) is 7.16. The largest absolute Gasteiger partial charge is 0.457 e. The van der Waals surface area contributed by atoms with Crippen LogP contribution in [0, 0.1) is 13.8 Å². The molecule has 0 aliphatic carbocycles. The van der Waals surface area contributed by atoms with E-state index in [2.05, 4.69) is 36.6 Å². The second-order valence-corrected chi connectivity index (χ2v) is 9.75. The van der Waals surface area contributed by atoms with E-state index < -0.39 is 18.5 Å². The predicted molar refractivity (Wildman–Crippen MR) is 150 cm³/mol. The molecule has 8 heteroatoms. The zero-order valence-corrected chi connectivity index (χ0v) is 22.9. The smallest absolute Gasteiger partial charge is 0.306 e. The number of carbonyl (C=O) groups excluding carboxylic acids is 3. The Labute approximate surface area is 228 Å². The highest BCUT2D eigenvalue weighted by Crippen LogP contribution is 2.32. The molecule has 0 bridgehead atoms. The van der Waals surface area contributed by atoms with E-state index in [1.165, 1.54) is 0 Å². The van der Waals surface area contributed by atoms with Crippen molar-refractivity contribution < 1.29 is 23.9 Å². The van der Waals surface area contributed by atoms with Crippen LogP contribution in [-0.2, 0) is 19.1 Å². The van der Waals surface area contributed by atoms with Crippen molar-refractivity contribution in [3.63, 3.8) is 0 Å². The Bertz CT molecular complexity index is 1290. The van der Waals surface area contributed by atoms with Gasteiger partial charge in [0.15, 0.2) is 6.61 Å². The molecule has 0 spiro atoms. The molecule has 0 heterocycles. The first kappa shape index (κ1) is 28.7. The molecule has 0 fully saturated rings. The molecule has 0 radical (unpaired) electrons. The van der Waals surface area contributed by atoms with Crippen molar-refractivity contribution in [2.24, 2.45) is 0 Å². The average molecular weight is 537 g/mol. The van der Waals surface area contributed by atoms with Crippen molar-refractivity contribution >= 4 is 40.8 Å². The van der Waals surface area contributed by atoms with Crippen LogP contribution < -0.4 is 15.4 Å². The van der Waals surface area contributed by atoms with E-state index in [9.17, 15) is 14.4 Å². The fourth-order valence-corrected chi connectivity index (χ4v) is 3.88. The maximum Gasteiger partial charge on any atom is 0.306 e. The highest BCUT2D eigenvalue weighted by Gasteiger charge is 2.12. The maximum atomic E-state index is 12.3. The Balaban J connectivity index is 1.38. The van der Waals surface area contributed by atoms with Crippen LogP contribution >= 0.6 is 11.6 Å². The van der Waals surface area contributed by atoms with Crippen molar-refractivity contribution in [1.82, 2.24) is 0 Å². The van der Waals surface area contributed by atoms with E-state index >= 15 is 0 Å². The number of hydrogen-bond donors (Lipinski definition) is 2. The van der Waals surface area contributed by atoms with Crippen molar-refractivity contribution in [3.05, 3.63) is 82.4 Å². The van der Waals surface area contributed by atoms with Crippen molar-refractivity contribution in [2.45, 2.75) is 52.9 Å². The van der Waals surface area contributed by atoms with Crippen molar-refractivity contribution in [1.29, 1.82) is 0 Å². The molecule has 3 aromatic rings. The van der Waals surface area contributed by atoms with Crippen LogP contribution in [0.25, 0.3) is 0 Å². The zero-order valence-electron chi connectivity index (χ0n) is 22.1. The Morgan fingerprint density at radius 1 is 0.895 bits per heavy atom. The van der Waals surface area contributed by atoms with Crippen LogP contribution in [0.4, 0.5) is 11.4 Å². The lowest BCUT2D eigenvalue weighted by Crippen LogP contribution is -2.21. The molecule has 0 aliphatic rings. The second-order valence-electron chi connectivity index (χ2n) is 9.35. The first-order valence-corrected chi connectivity index (χ1v) is 12.9. The van der Waals surface area contributed by atoms with Crippen LogP contribution in [0.15, 0.2) is 60.7 Å². The Hall–Kier alpha value is -3.84. The lowest BCUT2D eigenvalue weighted by molar-refractivity contribution is -0.147. The van der Waals surface area contributed by atoms with E-state index in [0.717, 1.165) is 22.4 Å². The molecular formula is C30H33ClN2O5. The normalized spacial score (nSPS) is 10.7. The molecule has 0 saturated heterocycles. The lowest BCUT2D eigenvalue weighted by atomic mass is 10.0. The number of aryl methyl sites for hydroxylation is 1. The number of hydrogen-bond acceptors (Lipinski definition) is 5. The third kappa shape index (κ3) is 8.63. The van der Waals surface area contributed by atoms with Gasteiger partial charge in [-0.25, -0.2) is 0 Å². The van der Waals surface area contributed by atoms with E-state index in [4.69, 9.17) is 21.1 Å². The van der Waals surface area contributed by atoms with Gasteiger partial charge in [-0.15, -0.1) is 0 Å². The summed E-state index contributed by atoms with van der Waals surface area (Å²) in [6.45, 7) is 7.64. The minimum atomic E-state index is -0.547. The minimum absolute atomic E-state index is 0.0261. The third-order valence-electron chi connectivity index (χ3n) is 5.85. The highest BCUT2D eigenvalue weighted by molar-refractivity contribution is 6.31. The molecule has 0 atom stereocenters. The summed E-state index contributed by atoms with van der Waals surface area (Å²) in [7, 11) is 0. The fraction of sp³-hybridized carbons (Fsp3) is 0.300. The number of anilines is 2. The number of rotatable bonds is 11. The number of esters is 1. The number of benzene rings is 3. The molecular weight excluding hydrogens is 504 g/mol. The Morgan fingerprint density at radius 2 is 1.63 bits per heavy atom. The van der Waals surface area contributed by atoms with Gasteiger partial charge in [0.25, 0.3) is 5.91 Å². The molecule has 2 N–H and O–H groups in total. The number of amides is 2. The van der Waals surface area contributed by atoms with Gasteiger partial charge < -0.3 is 20.1 Å². The van der Waals surface area contributed by atoms with Gasteiger partial charge in [0.05, 0.1) is 0 Å². The number of carbonyl (C=O) groups is 3. The summed E-state index contributed by atoms with van der Waals surface area (Å²) in [5, 5.41) is 6.01. The molecule has 0 aromatic heterocycles. The van der Waals surface area contributed by atoms with Gasteiger partial charge in [-0.3, -0.25) is 14.4 Å². The number of nitrogens with one attached hydrogen (secondary N) is 2.